The summed E-state index contributed by atoms with van der Waals surface area (Å²) >= 11 is 2.72. The number of thioether (sulfide) groups is 1. The Morgan fingerprint density at radius 2 is 1.68 bits per heavy atom. The molecule has 41 heavy (non-hydrogen) atoms. The normalized spacial score (nSPS) is 16.2. The van der Waals surface area contributed by atoms with E-state index in [4.69, 9.17) is 9.47 Å². The zero-order valence-corrected chi connectivity index (χ0v) is 24.3. The first-order chi connectivity index (χ1) is 20.0. The van der Waals surface area contributed by atoms with Crippen molar-refractivity contribution in [1.29, 1.82) is 0 Å². The Morgan fingerprint density at radius 3 is 2.39 bits per heavy atom. The minimum atomic E-state index is -0.949. The van der Waals surface area contributed by atoms with E-state index in [-0.39, 0.29) is 16.5 Å². The number of anilines is 1. The molecular formula is C31H29N3O5S2. The molecule has 3 aromatic carbocycles. The van der Waals surface area contributed by atoms with E-state index in [0.29, 0.717) is 45.9 Å². The molecule has 2 heterocycles. The first-order valence-corrected chi connectivity index (χ1v) is 15.1. The van der Waals surface area contributed by atoms with Crippen LogP contribution in [0.1, 0.15) is 43.0 Å². The second kappa shape index (κ2) is 13.0. The molecule has 210 valence electrons. The van der Waals surface area contributed by atoms with Gasteiger partial charge in [0.1, 0.15) is 5.76 Å². The van der Waals surface area contributed by atoms with Crippen molar-refractivity contribution in [3.05, 3.63) is 101 Å². The van der Waals surface area contributed by atoms with Gasteiger partial charge in [0.25, 0.3) is 5.78 Å². The summed E-state index contributed by atoms with van der Waals surface area (Å²) in [5.74, 6) is -0.110. The fraction of sp³-hybridized carbons (Fsp3) is 0.226. The van der Waals surface area contributed by atoms with Gasteiger partial charge in [0.15, 0.2) is 15.8 Å². The van der Waals surface area contributed by atoms with Gasteiger partial charge < -0.3 is 14.6 Å². The van der Waals surface area contributed by atoms with Crippen LogP contribution in [0.2, 0.25) is 0 Å². The summed E-state index contributed by atoms with van der Waals surface area (Å²) < 4.78 is 12.4. The third-order valence-electron chi connectivity index (χ3n) is 6.34. The smallest absolute Gasteiger partial charge is 0.301 e. The van der Waals surface area contributed by atoms with Crippen LogP contribution in [0, 0.1) is 0 Å². The molecule has 1 amide bonds. The highest BCUT2D eigenvalue weighted by molar-refractivity contribution is 8.00. The number of benzene rings is 3. The van der Waals surface area contributed by atoms with E-state index in [0.717, 1.165) is 12.0 Å². The molecule has 1 fully saturated rings. The molecule has 8 nitrogen and oxygen atoms in total. The molecule has 1 saturated heterocycles. The summed E-state index contributed by atoms with van der Waals surface area (Å²) in [4.78, 5) is 28.4. The monoisotopic (exact) mass is 587 g/mol. The quantitative estimate of drug-likeness (QED) is 0.0685. The first-order valence-electron chi connectivity index (χ1n) is 13.3. The Balaban J connectivity index is 1.58. The number of ether oxygens (including phenoxy) is 2. The van der Waals surface area contributed by atoms with Crippen LogP contribution in [0.25, 0.3) is 5.76 Å². The van der Waals surface area contributed by atoms with E-state index in [1.54, 1.807) is 42.5 Å². The predicted molar refractivity (Wildman–Crippen MR) is 161 cm³/mol. The average molecular weight is 588 g/mol. The third kappa shape index (κ3) is 6.13. The van der Waals surface area contributed by atoms with Gasteiger partial charge in [-0.1, -0.05) is 96.8 Å². The number of hydrogen-bond donors (Lipinski definition) is 1. The molecule has 1 N–H and O–H groups in total. The molecule has 1 unspecified atom stereocenters. The molecule has 1 aromatic heterocycles. The Bertz CT molecular complexity index is 1560. The van der Waals surface area contributed by atoms with E-state index in [9.17, 15) is 14.7 Å². The van der Waals surface area contributed by atoms with Crippen molar-refractivity contribution in [2.45, 2.75) is 36.4 Å². The zero-order valence-electron chi connectivity index (χ0n) is 22.6. The van der Waals surface area contributed by atoms with Gasteiger partial charge in [0, 0.05) is 11.3 Å². The van der Waals surface area contributed by atoms with Crippen molar-refractivity contribution in [3.8, 4) is 11.5 Å². The molecule has 5 rings (SSSR count). The van der Waals surface area contributed by atoms with Crippen LogP contribution >= 0.6 is 23.1 Å². The van der Waals surface area contributed by atoms with Gasteiger partial charge in [-0.15, -0.1) is 10.2 Å². The van der Waals surface area contributed by atoms with Crippen molar-refractivity contribution in [1.82, 2.24) is 10.2 Å². The summed E-state index contributed by atoms with van der Waals surface area (Å²) in [7, 11) is 0. The van der Waals surface area contributed by atoms with E-state index < -0.39 is 17.7 Å². The highest BCUT2D eigenvalue weighted by Crippen LogP contribution is 2.45. The molecule has 1 aliphatic heterocycles. The Labute approximate surface area is 246 Å². The van der Waals surface area contributed by atoms with Gasteiger partial charge in [-0.2, -0.15) is 0 Å². The summed E-state index contributed by atoms with van der Waals surface area (Å²) in [5.41, 5.74) is 2.11. The number of aliphatic hydroxyl groups excluding tert-OH is 1. The Kier molecular flexibility index (Phi) is 9.01. The molecular weight excluding hydrogens is 558 g/mol. The Morgan fingerprint density at radius 1 is 0.951 bits per heavy atom. The van der Waals surface area contributed by atoms with Gasteiger partial charge in [0.05, 0.1) is 24.8 Å². The SMILES string of the molecule is CCCOc1ccc(C2C(=C(O)c3ccccc3)C(=O)C(=O)N2c2nnc(SCc3ccccc3)s2)cc1OCC. The average Bonchev–Trinajstić information content (AvgIpc) is 3.58. The number of carbonyl (C=O) groups is 2. The van der Waals surface area contributed by atoms with Gasteiger partial charge in [-0.3, -0.25) is 14.5 Å². The summed E-state index contributed by atoms with van der Waals surface area (Å²) in [6.45, 7) is 4.79. The molecule has 0 spiro atoms. The van der Waals surface area contributed by atoms with E-state index in [1.165, 1.54) is 28.0 Å². The molecule has 1 atom stereocenters. The fourth-order valence-corrected chi connectivity index (χ4v) is 6.29. The lowest BCUT2D eigenvalue weighted by molar-refractivity contribution is -0.132. The molecule has 0 bridgehead atoms. The third-order valence-corrected chi connectivity index (χ3v) is 8.47. The first kappa shape index (κ1) is 28.4. The number of nitrogens with zero attached hydrogens (tertiary/aromatic N) is 3. The minimum Gasteiger partial charge on any atom is -0.507 e. The second-order valence-corrected chi connectivity index (χ2v) is 11.3. The number of hydrogen-bond acceptors (Lipinski definition) is 9. The topological polar surface area (TPSA) is 102 Å². The lowest BCUT2D eigenvalue weighted by Crippen LogP contribution is -2.29. The lowest BCUT2D eigenvalue weighted by atomic mass is 9.95. The Hall–Kier alpha value is -4.15. The number of carbonyl (C=O) groups excluding carboxylic acids is 2. The summed E-state index contributed by atoms with van der Waals surface area (Å²) in [6, 6.07) is 23.0. The van der Waals surface area contributed by atoms with E-state index in [1.807, 2.05) is 50.2 Å². The van der Waals surface area contributed by atoms with Crippen molar-refractivity contribution < 1.29 is 24.2 Å². The maximum absolute atomic E-state index is 13.6. The number of aliphatic hydroxyl groups is 1. The molecule has 0 aliphatic carbocycles. The van der Waals surface area contributed by atoms with Gasteiger partial charge in [0.2, 0.25) is 5.13 Å². The van der Waals surface area contributed by atoms with E-state index in [2.05, 4.69) is 10.2 Å². The number of amides is 1. The number of aromatic nitrogens is 2. The minimum absolute atomic E-state index is 0.0282. The summed E-state index contributed by atoms with van der Waals surface area (Å²) in [5, 5.41) is 20.2. The van der Waals surface area contributed by atoms with Crippen molar-refractivity contribution >= 4 is 45.7 Å². The molecule has 1 aliphatic rings. The lowest BCUT2D eigenvalue weighted by Gasteiger charge is -2.23. The van der Waals surface area contributed by atoms with Crippen LogP contribution in [0.5, 0.6) is 11.5 Å². The standard InChI is InChI=1S/C31H29N3O5S2/c1-3-17-39-23-16-15-22(18-24(23)38-4-2)26-25(27(35)21-13-9-6-10-14-21)28(36)29(37)34(26)30-32-33-31(41-30)40-19-20-11-7-5-8-12-20/h5-16,18,26,35H,3-4,17,19H2,1-2H3. The largest absolute Gasteiger partial charge is 0.507 e. The second-order valence-electron chi connectivity index (χ2n) is 9.15. The van der Waals surface area contributed by atoms with Crippen LogP contribution in [0.4, 0.5) is 5.13 Å². The summed E-state index contributed by atoms with van der Waals surface area (Å²) in [6.07, 6.45) is 0.826. The molecule has 10 heteroatoms. The van der Waals surface area contributed by atoms with Gasteiger partial charge in [-0.05, 0) is 36.6 Å². The van der Waals surface area contributed by atoms with Crippen LogP contribution < -0.4 is 14.4 Å². The van der Waals surface area contributed by atoms with Crippen LogP contribution in [0.15, 0.2) is 88.8 Å². The van der Waals surface area contributed by atoms with E-state index >= 15 is 0 Å². The van der Waals surface area contributed by atoms with Crippen LogP contribution in [0.3, 0.4) is 0 Å². The predicted octanol–water partition coefficient (Wildman–Crippen LogP) is 6.64. The van der Waals surface area contributed by atoms with Gasteiger partial charge >= 0.3 is 5.91 Å². The number of ketones is 1. The van der Waals surface area contributed by atoms with Gasteiger partial charge in [-0.25, -0.2) is 0 Å². The van der Waals surface area contributed by atoms with Crippen LogP contribution in [-0.2, 0) is 15.3 Å². The molecule has 0 saturated carbocycles. The maximum Gasteiger partial charge on any atom is 0.301 e. The van der Waals surface area contributed by atoms with Crippen molar-refractivity contribution in [2.75, 3.05) is 18.1 Å². The van der Waals surface area contributed by atoms with Crippen molar-refractivity contribution in [3.63, 3.8) is 0 Å². The molecule has 0 radical (unpaired) electrons. The fourth-order valence-electron chi connectivity index (χ4n) is 4.47. The number of rotatable bonds is 11. The highest BCUT2D eigenvalue weighted by Gasteiger charge is 2.48. The van der Waals surface area contributed by atoms with Crippen LogP contribution in [-0.4, -0.2) is 40.2 Å². The number of Topliss-reactive ketones (excluding diaryl/α,β-unsaturated/α-hetero) is 1. The highest BCUT2D eigenvalue weighted by atomic mass is 32.2. The molecule has 4 aromatic rings. The zero-order chi connectivity index (χ0) is 28.8. The maximum atomic E-state index is 13.6. The van der Waals surface area contributed by atoms with Crippen molar-refractivity contribution in [2.24, 2.45) is 0 Å².